The lowest BCUT2D eigenvalue weighted by molar-refractivity contribution is 0.0921. The Morgan fingerprint density at radius 2 is 2.23 bits per heavy atom. The second kappa shape index (κ2) is 7.83. The Labute approximate surface area is 139 Å². The highest BCUT2D eigenvalue weighted by atomic mass is 79.9. The van der Waals surface area contributed by atoms with Crippen molar-refractivity contribution < 1.29 is 14.3 Å². The van der Waals surface area contributed by atoms with E-state index in [0.29, 0.717) is 23.1 Å². The number of rotatable bonds is 6. The summed E-state index contributed by atoms with van der Waals surface area (Å²) in [5, 5.41) is 6.57. The molecule has 22 heavy (non-hydrogen) atoms. The summed E-state index contributed by atoms with van der Waals surface area (Å²) in [6.45, 7) is 3.10. The van der Waals surface area contributed by atoms with Crippen molar-refractivity contribution in [1.29, 1.82) is 0 Å². The minimum absolute atomic E-state index is 0.100. The van der Waals surface area contributed by atoms with Crippen molar-refractivity contribution in [1.82, 2.24) is 10.6 Å². The molecule has 122 valence electrons. The van der Waals surface area contributed by atoms with Crippen LogP contribution in [0.25, 0.3) is 0 Å². The Morgan fingerprint density at radius 1 is 1.45 bits per heavy atom. The number of amides is 1. The van der Waals surface area contributed by atoms with E-state index in [1.807, 2.05) is 6.07 Å². The molecular formula is C16H23BrN2O3. The molecule has 0 aromatic heterocycles. The molecule has 2 N–H and O–H groups in total. The molecular weight excluding hydrogens is 348 g/mol. The van der Waals surface area contributed by atoms with Crippen molar-refractivity contribution in [3.05, 3.63) is 22.2 Å². The molecule has 2 rings (SSSR count). The summed E-state index contributed by atoms with van der Waals surface area (Å²) in [5.41, 5.74) is 0.427. The fourth-order valence-electron chi connectivity index (χ4n) is 2.91. The molecule has 0 aliphatic carbocycles. The van der Waals surface area contributed by atoms with Crippen LogP contribution in [0, 0.1) is 0 Å². The van der Waals surface area contributed by atoms with Crippen LogP contribution in [0.5, 0.6) is 11.5 Å². The van der Waals surface area contributed by atoms with Gasteiger partial charge in [-0.3, -0.25) is 4.79 Å². The average molecular weight is 371 g/mol. The highest BCUT2D eigenvalue weighted by Gasteiger charge is 2.28. The van der Waals surface area contributed by atoms with Gasteiger partial charge in [-0.2, -0.15) is 0 Å². The molecule has 6 heteroatoms. The Morgan fingerprint density at radius 3 is 2.77 bits per heavy atom. The van der Waals surface area contributed by atoms with Crippen molar-refractivity contribution in [2.75, 3.05) is 20.8 Å². The zero-order chi connectivity index (χ0) is 16.1. The van der Waals surface area contributed by atoms with E-state index in [9.17, 15) is 4.79 Å². The van der Waals surface area contributed by atoms with E-state index in [4.69, 9.17) is 9.47 Å². The van der Waals surface area contributed by atoms with Crippen molar-refractivity contribution >= 4 is 21.8 Å². The predicted molar refractivity (Wildman–Crippen MR) is 89.8 cm³/mol. The Balaban J connectivity index is 2.26. The Kier molecular flexibility index (Phi) is 6.08. The number of benzene rings is 1. The lowest BCUT2D eigenvalue weighted by atomic mass is 10.0. The maximum Gasteiger partial charge on any atom is 0.259 e. The normalized spacial score (nSPS) is 18.8. The van der Waals surface area contributed by atoms with Crippen LogP contribution >= 0.6 is 15.9 Å². The first kappa shape index (κ1) is 17.1. The standard InChI is InChI=1S/C16H23BrN2O3/c1-4-11(12-6-5-9-18-12)19-16(20)14-13(21-2)8-7-10(17)15(14)22-3/h7-8,11-12,18H,4-6,9H2,1-3H3,(H,19,20)/t11-,12?/m0/s1. The maximum absolute atomic E-state index is 12.8. The van der Waals surface area contributed by atoms with E-state index < -0.39 is 0 Å². The van der Waals surface area contributed by atoms with Crippen molar-refractivity contribution in [2.45, 2.75) is 38.3 Å². The number of methoxy groups -OCH3 is 2. The molecule has 0 saturated carbocycles. The number of hydrogen-bond donors (Lipinski definition) is 2. The quantitative estimate of drug-likeness (QED) is 0.808. The zero-order valence-corrected chi connectivity index (χ0v) is 14.8. The summed E-state index contributed by atoms with van der Waals surface area (Å²) >= 11 is 3.42. The number of carbonyl (C=O) groups is 1. The Bertz CT molecular complexity index is 530. The zero-order valence-electron chi connectivity index (χ0n) is 13.2. The van der Waals surface area contributed by atoms with Crippen molar-refractivity contribution in [3.8, 4) is 11.5 Å². The van der Waals surface area contributed by atoms with Crippen molar-refractivity contribution in [2.24, 2.45) is 0 Å². The van der Waals surface area contributed by atoms with Crippen LogP contribution in [-0.4, -0.2) is 38.8 Å². The summed E-state index contributed by atoms with van der Waals surface area (Å²) in [7, 11) is 3.10. The first-order chi connectivity index (χ1) is 10.6. The fourth-order valence-corrected chi connectivity index (χ4v) is 3.40. The number of nitrogens with one attached hydrogen (secondary N) is 2. The summed E-state index contributed by atoms with van der Waals surface area (Å²) < 4.78 is 11.4. The second-order valence-corrected chi connectivity index (χ2v) is 6.20. The van der Waals surface area contributed by atoms with Gasteiger partial charge in [0.1, 0.15) is 17.1 Å². The third-order valence-corrected chi connectivity index (χ3v) is 4.69. The number of hydrogen-bond acceptors (Lipinski definition) is 4. The summed E-state index contributed by atoms with van der Waals surface area (Å²) in [4.78, 5) is 12.8. The van der Waals surface area contributed by atoms with E-state index in [0.717, 1.165) is 30.3 Å². The summed E-state index contributed by atoms with van der Waals surface area (Å²) in [6.07, 6.45) is 3.12. The van der Waals surface area contributed by atoms with Crippen LogP contribution in [0.3, 0.4) is 0 Å². The van der Waals surface area contributed by atoms with Gasteiger partial charge in [0.15, 0.2) is 0 Å². The van der Waals surface area contributed by atoms with Gasteiger partial charge in [0.25, 0.3) is 5.91 Å². The van der Waals surface area contributed by atoms with Gasteiger partial charge < -0.3 is 20.1 Å². The lowest BCUT2D eigenvalue weighted by Gasteiger charge is -2.24. The maximum atomic E-state index is 12.8. The molecule has 0 bridgehead atoms. The second-order valence-electron chi connectivity index (χ2n) is 5.35. The number of carbonyl (C=O) groups excluding carboxylic acids is 1. The summed E-state index contributed by atoms with van der Waals surface area (Å²) in [6, 6.07) is 4.00. The molecule has 1 amide bonds. The highest BCUT2D eigenvalue weighted by molar-refractivity contribution is 9.10. The van der Waals surface area contributed by atoms with Crippen LogP contribution in [-0.2, 0) is 0 Å². The van der Waals surface area contributed by atoms with E-state index in [2.05, 4.69) is 33.5 Å². The first-order valence-electron chi connectivity index (χ1n) is 7.57. The third-order valence-electron chi connectivity index (χ3n) is 4.06. The molecule has 0 radical (unpaired) electrons. The monoisotopic (exact) mass is 370 g/mol. The topological polar surface area (TPSA) is 59.6 Å². The van der Waals surface area contributed by atoms with Gasteiger partial charge in [-0.1, -0.05) is 6.92 Å². The molecule has 1 aliphatic rings. The lowest BCUT2D eigenvalue weighted by Crippen LogP contribution is -2.47. The van der Waals surface area contributed by atoms with Gasteiger partial charge in [-0.25, -0.2) is 0 Å². The van der Waals surface area contributed by atoms with Crippen LogP contribution in [0.1, 0.15) is 36.5 Å². The first-order valence-corrected chi connectivity index (χ1v) is 8.36. The average Bonchev–Trinajstić information content (AvgIpc) is 3.06. The molecule has 1 aliphatic heterocycles. The largest absolute Gasteiger partial charge is 0.496 e. The van der Waals surface area contributed by atoms with E-state index in [1.54, 1.807) is 20.3 Å². The van der Waals surface area contributed by atoms with Crippen molar-refractivity contribution in [3.63, 3.8) is 0 Å². The fraction of sp³-hybridized carbons (Fsp3) is 0.562. The molecule has 1 heterocycles. The van der Waals surface area contributed by atoms with E-state index in [-0.39, 0.29) is 11.9 Å². The smallest absolute Gasteiger partial charge is 0.259 e. The van der Waals surface area contributed by atoms with Gasteiger partial charge in [-0.15, -0.1) is 0 Å². The van der Waals surface area contributed by atoms with Gasteiger partial charge in [0.2, 0.25) is 0 Å². The molecule has 1 aromatic carbocycles. The Hall–Kier alpha value is -1.27. The van der Waals surface area contributed by atoms with E-state index in [1.165, 1.54) is 0 Å². The molecule has 2 atom stereocenters. The number of halogens is 1. The molecule has 1 fully saturated rings. The van der Waals surface area contributed by atoms with Crippen LogP contribution in [0.4, 0.5) is 0 Å². The van der Waals surface area contributed by atoms with Gasteiger partial charge >= 0.3 is 0 Å². The predicted octanol–water partition coefficient (Wildman–Crippen LogP) is 2.73. The summed E-state index contributed by atoms with van der Waals surface area (Å²) in [5.74, 6) is 0.827. The number of ether oxygens (including phenoxy) is 2. The van der Waals surface area contributed by atoms with E-state index >= 15 is 0 Å². The minimum Gasteiger partial charge on any atom is -0.496 e. The SMILES string of the molecule is CC[C@H](NC(=O)c1c(OC)ccc(Br)c1OC)C1CCCN1. The van der Waals surface area contributed by atoms with Crippen LogP contribution < -0.4 is 20.1 Å². The molecule has 0 spiro atoms. The van der Waals surface area contributed by atoms with Gasteiger partial charge in [0, 0.05) is 12.1 Å². The van der Waals surface area contributed by atoms with Gasteiger partial charge in [-0.05, 0) is 53.9 Å². The molecule has 1 unspecified atom stereocenters. The van der Waals surface area contributed by atoms with Crippen LogP contribution in [0.2, 0.25) is 0 Å². The minimum atomic E-state index is -0.171. The molecule has 1 saturated heterocycles. The highest BCUT2D eigenvalue weighted by Crippen LogP contribution is 2.35. The van der Waals surface area contributed by atoms with Gasteiger partial charge in [0.05, 0.1) is 18.7 Å². The molecule has 5 nitrogen and oxygen atoms in total. The third kappa shape index (κ3) is 3.55. The van der Waals surface area contributed by atoms with Crippen LogP contribution in [0.15, 0.2) is 16.6 Å². The molecule has 1 aromatic rings.